The Balaban J connectivity index is 2.00. The van der Waals surface area contributed by atoms with Gasteiger partial charge in [0.15, 0.2) is 6.04 Å². The van der Waals surface area contributed by atoms with E-state index in [4.69, 9.17) is 21.7 Å². The van der Waals surface area contributed by atoms with Crippen molar-refractivity contribution in [1.82, 2.24) is 4.90 Å². The van der Waals surface area contributed by atoms with Gasteiger partial charge in [0.1, 0.15) is 10.1 Å². The van der Waals surface area contributed by atoms with Gasteiger partial charge >= 0.3 is 5.97 Å². The van der Waals surface area contributed by atoms with Gasteiger partial charge in [0, 0.05) is 10.0 Å². The highest BCUT2D eigenvalue weighted by molar-refractivity contribution is 9.10. The van der Waals surface area contributed by atoms with Crippen molar-refractivity contribution in [2.45, 2.75) is 19.9 Å². The van der Waals surface area contributed by atoms with E-state index in [2.05, 4.69) is 15.9 Å². The zero-order valence-corrected chi connectivity index (χ0v) is 19.7. The van der Waals surface area contributed by atoms with Crippen molar-refractivity contribution in [3.63, 3.8) is 0 Å². The molecule has 0 aliphatic carbocycles. The fourth-order valence-electron chi connectivity index (χ4n) is 3.01. The summed E-state index contributed by atoms with van der Waals surface area (Å²) in [5, 5.41) is 0. The molecule has 0 saturated carbocycles. The topological polar surface area (TPSA) is 55.8 Å². The molecule has 1 heterocycles. The van der Waals surface area contributed by atoms with E-state index in [1.165, 1.54) is 4.90 Å². The van der Waals surface area contributed by atoms with Crippen molar-refractivity contribution in [3.05, 3.63) is 69.0 Å². The molecule has 8 heteroatoms. The summed E-state index contributed by atoms with van der Waals surface area (Å²) in [6, 6.07) is 13.7. The monoisotopic (exact) mass is 505 g/mol. The molecule has 0 bridgehead atoms. The van der Waals surface area contributed by atoms with E-state index in [1.54, 1.807) is 25.1 Å². The number of hydrogen-bond donors (Lipinski definition) is 0. The average molecular weight is 506 g/mol. The average Bonchev–Trinajstić information content (AvgIpc) is 2.99. The van der Waals surface area contributed by atoms with Crippen LogP contribution in [-0.2, 0) is 14.3 Å². The van der Waals surface area contributed by atoms with Gasteiger partial charge in [-0.05, 0) is 43.7 Å². The lowest BCUT2D eigenvalue weighted by Gasteiger charge is -2.25. The Morgan fingerprint density at radius 2 is 1.93 bits per heavy atom. The Bertz CT molecular complexity index is 994. The molecular formula is C22H20BrNO4S2. The molecule has 2 aromatic carbocycles. The molecule has 1 saturated heterocycles. The van der Waals surface area contributed by atoms with E-state index in [0.717, 1.165) is 21.8 Å². The van der Waals surface area contributed by atoms with Gasteiger partial charge in [0.05, 0.1) is 18.1 Å². The molecule has 1 aliphatic rings. The van der Waals surface area contributed by atoms with E-state index >= 15 is 0 Å². The maximum atomic E-state index is 13.3. The first-order valence-corrected chi connectivity index (χ1v) is 11.4. The van der Waals surface area contributed by atoms with Crippen LogP contribution in [-0.4, -0.2) is 34.3 Å². The predicted molar refractivity (Wildman–Crippen MR) is 126 cm³/mol. The van der Waals surface area contributed by atoms with Gasteiger partial charge in [0.2, 0.25) is 0 Å². The van der Waals surface area contributed by atoms with Crippen molar-refractivity contribution in [2.75, 3.05) is 13.2 Å². The number of halogens is 1. The number of hydrogen-bond acceptors (Lipinski definition) is 6. The number of rotatable bonds is 7. The summed E-state index contributed by atoms with van der Waals surface area (Å²) in [5.41, 5.74) is 1.39. The molecule has 2 aromatic rings. The van der Waals surface area contributed by atoms with Gasteiger partial charge < -0.3 is 9.47 Å². The molecule has 5 nitrogen and oxygen atoms in total. The molecule has 0 radical (unpaired) electrons. The van der Waals surface area contributed by atoms with Crippen LogP contribution in [0.15, 0.2) is 57.9 Å². The summed E-state index contributed by atoms with van der Waals surface area (Å²) in [6.45, 7) is 4.34. The minimum atomic E-state index is -0.932. The second kappa shape index (κ2) is 10.2. The summed E-state index contributed by atoms with van der Waals surface area (Å²) >= 11 is 10.1. The number of thiocarbonyl (C=S) groups is 1. The molecule has 0 N–H and O–H groups in total. The largest absolute Gasteiger partial charge is 0.493 e. The third kappa shape index (κ3) is 4.94. The minimum Gasteiger partial charge on any atom is -0.493 e. The van der Waals surface area contributed by atoms with Crippen molar-refractivity contribution >= 4 is 62.2 Å². The van der Waals surface area contributed by atoms with E-state index < -0.39 is 12.0 Å². The molecule has 30 heavy (non-hydrogen) atoms. The van der Waals surface area contributed by atoms with E-state index in [1.807, 2.05) is 43.3 Å². The second-order valence-corrected chi connectivity index (χ2v) is 8.82. The van der Waals surface area contributed by atoms with Gasteiger partial charge in [-0.1, -0.05) is 70.2 Å². The fraction of sp³-hybridized carbons (Fsp3) is 0.227. The van der Waals surface area contributed by atoms with Crippen LogP contribution in [0.3, 0.4) is 0 Å². The van der Waals surface area contributed by atoms with Gasteiger partial charge in [0.25, 0.3) is 5.91 Å². The van der Waals surface area contributed by atoms with Crippen molar-refractivity contribution < 1.29 is 19.1 Å². The normalized spacial score (nSPS) is 16.1. The summed E-state index contributed by atoms with van der Waals surface area (Å²) in [7, 11) is 0. The lowest BCUT2D eigenvalue weighted by molar-refractivity contribution is -0.151. The maximum Gasteiger partial charge on any atom is 0.333 e. The predicted octanol–water partition coefficient (Wildman–Crippen LogP) is 5.35. The van der Waals surface area contributed by atoms with Gasteiger partial charge in [-0.15, -0.1) is 0 Å². The standard InChI is InChI=1S/C22H20BrNO4S2/c1-3-27-17-11-10-16(23)12-15(17)13-18-20(25)24(22(29)30-18)19(21(26)28-4-2)14-8-6-5-7-9-14/h5-13,19H,3-4H2,1-2H3/b18-13+. The molecule has 3 rings (SSSR count). The van der Waals surface area contributed by atoms with Crippen molar-refractivity contribution in [1.29, 1.82) is 0 Å². The lowest BCUT2D eigenvalue weighted by Crippen LogP contribution is -2.38. The first-order chi connectivity index (χ1) is 14.5. The molecular weight excluding hydrogens is 486 g/mol. The molecule has 1 atom stereocenters. The lowest BCUT2D eigenvalue weighted by atomic mass is 10.1. The Morgan fingerprint density at radius 1 is 1.20 bits per heavy atom. The number of ether oxygens (including phenoxy) is 2. The number of carbonyl (C=O) groups excluding carboxylic acids is 2. The number of esters is 1. The maximum absolute atomic E-state index is 13.3. The third-order valence-corrected chi connectivity index (χ3v) is 6.09. The highest BCUT2D eigenvalue weighted by Gasteiger charge is 2.42. The smallest absolute Gasteiger partial charge is 0.333 e. The second-order valence-electron chi connectivity index (χ2n) is 6.23. The summed E-state index contributed by atoms with van der Waals surface area (Å²) < 4.78 is 12.1. The van der Waals surface area contributed by atoms with Crippen molar-refractivity contribution in [2.24, 2.45) is 0 Å². The molecule has 1 fully saturated rings. The molecule has 1 amide bonds. The van der Waals surface area contributed by atoms with E-state index in [0.29, 0.717) is 27.1 Å². The Hall–Kier alpha value is -2.16. The zero-order valence-electron chi connectivity index (χ0n) is 16.5. The number of benzene rings is 2. The summed E-state index contributed by atoms with van der Waals surface area (Å²) in [4.78, 5) is 27.8. The van der Waals surface area contributed by atoms with Crippen LogP contribution < -0.4 is 4.74 Å². The third-order valence-electron chi connectivity index (χ3n) is 4.27. The van der Waals surface area contributed by atoms with Crippen LogP contribution in [0.25, 0.3) is 6.08 Å². The zero-order chi connectivity index (χ0) is 21.7. The molecule has 1 unspecified atom stereocenters. The number of carbonyl (C=O) groups is 2. The summed E-state index contributed by atoms with van der Waals surface area (Å²) in [6.07, 6.45) is 1.74. The van der Waals surface area contributed by atoms with Crippen molar-refractivity contribution in [3.8, 4) is 5.75 Å². The van der Waals surface area contributed by atoms with Gasteiger partial charge in [-0.2, -0.15) is 0 Å². The first-order valence-electron chi connectivity index (χ1n) is 9.37. The van der Waals surface area contributed by atoms with Crippen LogP contribution in [0, 0.1) is 0 Å². The summed E-state index contributed by atoms with van der Waals surface area (Å²) in [5.74, 6) is -0.191. The van der Waals surface area contributed by atoms with Crippen LogP contribution >= 0.6 is 39.9 Å². The Morgan fingerprint density at radius 3 is 2.60 bits per heavy atom. The highest BCUT2D eigenvalue weighted by atomic mass is 79.9. The van der Waals surface area contributed by atoms with Crippen LogP contribution in [0.1, 0.15) is 31.0 Å². The number of nitrogens with zero attached hydrogens (tertiary/aromatic N) is 1. The minimum absolute atomic E-state index is 0.211. The van der Waals surface area contributed by atoms with Crippen LogP contribution in [0.4, 0.5) is 0 Å². The molecule has 1 aliphatic heterocycles. The van der Waals surface area contributed by atoms with Gasteiger partial charge in [-0.3, -0.25) is 9.69 Å². The fourth-order valence-corrected chi connectivity index (χ4v) is 4.69. The first kappa shape index (κ1) is 22.5. The number of thioether (sulfide) groups is 1. The van der Waals surface area contributed by atoms with Crippen LogP contribution in [0.2, 0.25) is 0 Å². The quantitative estimate of drug-likeness (QED) is 0.287. The Labute approximate surface area is 193 Å². The molecule has 0 aromatic heterocycles. The Kier molecular flexibility index (Phi) is 7.69. The van der Waals surface area contributed by atoms with E-state index in [-0.39, 0.29) is 12.5 Å². The molecule has 156 valence electrons. The SMILES string of the molecule is CCOC(=O)C(c1ccccc1)N1C(=O)/C(=C\c2cc(Br)ccc2OCC)SC1=S. The van der Waals surface area contributed by atoms with E-state index in [9.17, 15) is 9.59 Å². The van der Waals surface area contributed by atoms with Crippen LogP contribution in [0.5, 0.6) is 5.75 Å². The molecule has 0 spiro atoms. The number of amides is 1. The van der Waals surface area contributed by atoms with Gasteiger partial charge in [-0.25, -0.2) is 4.79 Å². The highest BCUT2D eigenvalue weighted by Crippen LogP contribution is 2.40.